The van der Waals surface area contributed by atoms with Gasteiger partial charge in [0.2, 0.25) is 27.9 Å². The summed E-state index contributed by atoms with van der Waals surface area (Å²) in [6.45, 7) is 8.25. The summed E-state index contributed by atoms with van der Waals surface area (Å²) in [5.41, 5.74) is 0.759. The fourth-order valence-electron chi connectivity index (χ4n) is 5.44. The van der Waals surface area contributed by atoms with Crippen LogP contribution >= 0.6 is 0 Å². The lowest BCUT2D eigenvalue weighted by Gasteiger charge is -2.29. The van der Waals surface area contributed by atoms with Crippen LogP contribution in [-0.2, 0) is 16.6 Å². The average molecular weight is 592 g/mol. The summed E-state index contributed by atoms with van der Waals surface area (Å²) in [6.07, 6.45) is 9.84. The predicted octanol–water partition coefficient (Wildman–Crippen LogP) is 4.80. The minimum Gasteiger partial charge on any atom is -0.354 e. The van der Waals surface area contributed by atoms with E-state index in [1.807, 2.05) is 74.3 Å². The maximum atomic E-state index is 13.5. The number of benzene rings is 2. The van der Waals surface area contributed by atoms with Crippen molar-refractivity contribution in [2.24, 2.45) is 5.92 Å². The van der Waals surface area contributed by atoms with Crippen LogP contribution in [0.4, 0.5) is 17.8 Å². The quantitative estimate of drug-likeness (QED) is 0.161. The van der Waals surface area contributed by atoms with E-state index in [1.165, 1.54) is 0 Å². The zero-order valence-corrected chi connectivity index (χ0v) is 25.4. The molecule has 0 spiro atoms. The third-order valence-electron chi connectivity index (χ3n) is 7.55. The van der Waals surface area contributed by atoms with Crippen LogP contribution in [0.5, 0.6) is 0 Å². The maximum absolute atomic E-state index is 13.5. The molecule has 2 aromatic heterocycles. The van der Waals surface area contributed by atoms with Crippen LogP contribution < -0.4 is 20.7 Å². The largest absolute Gasteiger partial charge is 0.354 e. The molecule has 0 amide bonds. The summed E-state index contributed by atoms with van der Waals surface area (Å²) < 4.78 is 32.0. The molecule has 224 valence electrons. The van der Waals surface area contributed by atoms with Crippen molar-refractivity contribution in [1.29, 1.82) is 0 Å². The minimum absolute atomic E-state index is 0.0817. The molecule has 1 fully saturated rings. The van der Waals surface area contributed by atoms with Gasteiger partial charge in [-0.3, -0.25) is 0 Å². The van der Waals surface area contributed by atoms with Gasteiger partial charge in [0.25, 0.3) is 0 Å². The Labute approximate surface area is 248 Å². The fourth-order valence-corrected chi connectivity index (χ4v) is 7.20. The van der Waals surface area contributed by atoms with E-state index in [9.17, 15) is 8.42 Å². The molecule has 0 radical (unpaired) electrons. The first kappa shape index (κ1) is 29.7. The molecular weight excluding hydrogens is 550 g/mol. The molecule has 0 bridgehead atoms. The molecule has 0 unspecified atom stereocenters. The summed E-state index contributed by atoms with van der Waals surface area (Å²) in [6, 6.07) is 11.6. The number of nitrogens with zero attached hydrogens (tertiary/aromatic N) is 5. The number of hydrogen-bond donors (Lipinski definition) is 4. The van der Waals surface area contributed by atoms with Gasteiger partial charge in [0.1, 0.15) is 0 Å². The van der Waals surface area contributed by atoms with Gasteiger partial charge >= 0.3 is 0 Å². The molecular formula is C30H41N9O2S. The first-order valence-electron chi connectivity index (χ1n) is 14.7. The Morgan fingerprint density at radius 1 is 0.952 bits per heavy atom. The van der Waals surface area contributed by atoms with Crippen molar-refractivity contribution in [3.63, 3.8) is 0 Å². The molecule has 1 saturated carbocycles. The number of hydrogen-bond acceptors (Lipinski definition) is 9. The standard InChI is InChI=1S/C30H41N9O2S/c1-21(2)34-30-36-28(32-15-6-17-39-18-16-31-20-39)35-29(37-30)33-19-23-10-13-25(14-11-23)38-42(40,41)27-22(3)9-12-24-7-4-5-8-26(24)27/h4-5,7-9,12,16,18,20-21,23,25,38H,6,10-11,13-15,17,19H2,1-3H3,(H3,32,33,34,35,36,37). The lowest BCUT2D eigenvalue weighted by molar-refractivity contribution is 0.323. The van der Waals surface area contributed by atoms with E-state index >= 15 is 0 Å². The predicted molar refractivity (Wildman–Crippen MR) is 167 cm³/mol. The van der Waals surface area contributed by atoms with Gasteiger partial charge in [-0.05, 0) is 69.7 Å². The molecule has 0 aliphatic heterocycles. The fraction of sp³-hybridized carbons (Fsp3) is 0.467. The number of rotatable bonds is 13. The second-order valence-corrected chi connectivity index (χ2v) is 13.0. The Kier molecular flexibility index (Phi) is 9.53. The number of anilines is 3. The van der Waals surface area contributed by atoms with Crippen LogP contribution in [0.1, 0.15) is 51.5 Å². The van der Waals surface area contributed by atoms with Crippen molar-refractivity contribution in [2.45, 2.75) is 76.4 Å². The van der Waals surface area contributed by atoms with E-state index in [1.54, 1.807) is 6.20 Å². The Hall–Kier alpha value is -3.77. The van der Waals surface area contributed by atoms with Crippen LogP contribution in [-0.4, -0.2) is 58.1 Å². The highest BCUT2D eigenvalue weighted by atomic mass is 32.2. The van der Waals surface area contributed by atoms with Gasteiger partial charge in [-0.15, -0.1) is 0 Å². The van der Waals surface area contributed by atoms with E-state index < -0.39 is 10.0 Å². The normalized spacial score (nSPS) is 17.4. The summed E-state index contributed by atoms with van der Waals surface area (Å²) in [5, 5.41) is 11.7. The Balaban J connectivity index is 1.15. The van der Waals surface area contributed by atoms with Crippen molar-refractivity contribution < 1.29 is 8.42 Å². The molecule has 12 heteroatoms. The number of fused-ring (bicyclic) bond motifs is 1. The highest BCUT2D eigenvalue weighted by Crippen LogP contribution is 2.29. The number of sulfonamides is 1. The third kappa shape index (κ3) is 7.74. The zero-order valence-electron chi connectivity index (χ0n) is 24.5. The number of imidazole rings is 1. The first-order valence-corrected chi connectivity index (χ1v) is 16.2. The summed E-state index contributed by atoms with van der Waals surface area (Å²) in [5.74, 6) is 1.99. The summed E-state index contributed by atoms with van der Waals surface area (Å²) >= 11 is 0. The molecule has 42 heavy (non-hydrogen) atoms. The first-order chi connectivity index (χ1) is 20.3. The average Bonchev–Trinajstić information content (AvgIpc) is 3.48. The molecule has 1 aliphatic carbocycles. The molecule has 2 aromatic carbocycles. The minimum atomic E-state index is -3.64. The van der Waals surface area contributed by atoms with Gasteiger partial charge in [0.15, 0.2) is 0 Å². The van der Waals surface area contributed by atoms with Crippen LogP contribution in [0.25, 0.3) is 10.8 Å². The SMILES string of the molecule is Cc1ccc2ccccc2c1S(=O)(=O)NC1CCC(CNc2nc(NCCCn3ccnc3)nc(NC(C)C)n2)CC1. The smallest absolute Gasteiger partial charge is 0.241 e. The monoisotopic (exact) mass is 591 g/mol. The van der Waals surface area contributed by atoms with Gasteiger partial charge in [0.05, 0.1) is 11.2 Å². The number of nitrogens with one attached hydrogen (secondary N) is 4. The van der Waals surface area contributed by atoms with E-state index in [0.717, 1.165) is 61.5 Å². The Morgan fingerprint density at radius 3 is 2.43 bits per heavy atom. The highest BCUT2D eigenvalue weighted by Gasteiger charge is 2.28. The molecule has 11 nitrogen and oxygen atoms in total. The van der Waals surface area contributed by atoms with Crippen LogP contribution in [0.3, 0.4) is 0 Å². The van der Waals surface area contributed by atoms with E-state index in [0.29, 0.717) is 35.2 Å². The van der Waals surface area contributed by atoms with E-state index in [4.69, 9.17) is 0 Å². The maximum Gasteiger partial charge on any atom is 0.241 e. The second-order valence-electron chi connectivity index (χ2n) is 11.3. The van der Waals surface area contributed by atoms with Crippen LogP contribution in [0.15, 0.2) is 60.0 Å². The highest BCUT2D eigenvalue weighted by molar-refractivity contribution is 7.89. The molecule has 1 aliphatic rings. The van der Waals surface area contributed by atoms with Crippen LogP contribution in [0.2, 0.25) is 0 Å². The van der Waals surface area contributed by atoms with Gasteiger partial charge in [0, 0.05) is 49.5 Å². The number of aromatic nitrogens is 5. The topological polar surface area (TPSA) is 139 Å². The van der Waals surface area contributed by atoms with Crippen molar-refractivity contribution in [3.8, 4) is 0 Å². The molecule has 2 heterocycles. The summed E-state index contributed by atoms with van der Waals surface area (Å²) in [7, 11) is -3.64. The zero-order chi connectivity index (χ0) is 29.5. The van der Waals surface area contributed by atoms with Crippen LogP contribution in [0, 0.1) is 12.8 Å². The molecule has 0 atom stereocenters. The van der Waals surface area contributed by atoms with Gasteiger partial charge in [-0.1, -0.05) is 36.4 Å². The van der Waals surface area contributed by atoms with E-state index in [2.05, 4.69) is 40.6 Å². The molecule has 5 rings (SSSR count). The van der Waals surface area contributed by atoms with Gasteiger partial charge in [-0.2, -0.15) is 15.0 Å². The van der Waals surface area contributed by atoms with Crippen molar-refractivity contribution in [2.75, 3.05) is 29.0 Å². The third-order valence-corrected chi connectivity index (χ3v) is 9.27. The van der Waals surface area contributed by atoms with Crippen molar-refractivity contribution >= 4 is 38.6 Å². The lowest BCUT2D eigenvalue weighted by Crippen LogP contribution is -2.38. The summed E-state index contributed by atoms with van der Waals surface area (Å²) in [4.78, 5) is 18.2. The molecule has 4 N–H and O–H groups in total. The molecule has 0 saturated heterocycles. The van der Waals surface area contributed by atoms with Gasteiger partial charge < -0.3 is 20.5 Å². The van der Waals surface area contributed by atoms with Gasteiger partial charge in [-0.25, -0.2) is 18.1 Å². The number of aryl methyl sites for hydroxylation is 2. The Bertz CT molecular complexity index is 1570. The second kappa shape index (κ2) is 13.5. The van der Waals surface area contributed by atoms with E-state index in [-0.39, 0.29) is 12.1 Å². The van der Waals surface area contributed by atoms with Crippen molar-refractivity contribution in [3.05, 3.63) is 60.7 Å². The van der Waals surface area contributed by atoms with Crippen molar-refractivity contribution in [1.82, 2.24) is 29.2 Å². The lowest BCUT2D eigenvalue weighted by atomic mass is 9.86. The molecule has 4 aromatic rings. The Morgan fingerprint density at radius 2 is 1.69 bits per heavy atom.